The topological polar surface area (TPSA) is 62.9 Å². The molecule has 0 spiro atoms. The monoisotopic (exact) mass is 284 g/mol. The molecule has 0 aliphatic rings. The summed E-state index contributed by atoms with van der Waals surface area (Å²) in [7, 11) is 0. The van der Waals surface area contributed by atoms with E-state index in [4.69, 9.17) is 4.74 Å². The quantitative estimate of drug-likeness (QED) is 0.885. The molecule has 5 heteroatoms. The fourth-order valence-corrected chi connectivity index (χ4v) is 1.88. The average Bonchev–Trinajstić information content (AvgIpc) is 2.93. The van der Waals surface area contributed by atoms with Gasteiger partial charge in [-0.3, -0.25) is 4.68 Å². The number of aromatic nitrogens is 2. The molecule has 2 rings (SSSR count). The summed E-state index contributed by atoms with van der Waals surface area (Å²) < 4.78 is 7.52. The van der Waals surface area contributed by atoms with Crippen LogP contribution in [0.25, 0.3) is 0 Å². The van der Waals surface area contributed by atoms with E-state index < -0.39 is 0 Å². The van der Waals surface area contributed by atoms with Crippen LogP contribution in [0.1, 0.15) is 31.9 Å². The van der Waals surface area contributed by atoms with Gasteiger partial charge in [-0.2, -0.15) is 10.4 Å². The first-order valence-electron chi connectivity index (χ1n) is 7.09. The van der Waals surface area contributed by atoms with Crippen LogP contribution in [-0.4, -0.2) is 15.8 Å². The highest BCUT2D eigenvalue weighted by molar-refractivity contribution is 5.47. The summed E-state index contributed by atoms with van der Waals surface area (Å²) in [4.78, 5) is 0. The molecule has 0 unspecified atom stereocenters. The smallest absolute Gasteiger partial charge is 0.165 e. The number of nitrogens with zero attached hydrogens (tertiary/aromatic N) is 3. The Morgan fingerprint density at radius 3 is 2.86 bits per heavy atom. The molecule has 2 aromatic rings. The zero-order chi connectivity index (χ0) is 15.2. The molecular formula is C16H20N4O. The van der Waals surface area contributed by atoms with Crippen LogP contribution in [0.5, 0.6) is 11.5 Å². The van der Waals surface area contributed by atoms with Crippen LogP contribution >= 0.6 is 0 Å². The van der Waals surface area contributed by atoms with E-state index in [1.165, 1.54) is 0 Å². The molecular weight excluding hydrogens is 264 g/mol. The summed E-state index contributed by atoms with van der Waals surface area (Å²) in [5.41, 5.74) is 1.60. The van der Waals surface area contributed by atoms with Gasteiger partial charge in [0.25, 0.3) is 0 Å². The van der Waals surface area contributed by atoms with Crippen molar-refractivity contribution in [2.24, 2.45) is 0 Å². The Hall–Kier alpha value is -2.32. The normalized spacial score (nSPS) is 10.6. The van der Waals surface area contributed by atoms with Crippen LogP contribution in [0, 0.1) is 11.3 Å². The van der Waals surface area contributed by atoms with E-state index in [0.717, 1.165) is 18.7 Å². The summed E-state index contributed by atoms with van der Waals surface area (Å²) in [5, 5.41) is 16.8. The molecule has 1 heterocycles. The van der Waals surface area contributed by atoms with Crippen molar-refractivity contribution in [2.75, 3.05) is 0 Å². The molecule has 0 aliphatic heterocycles. The molecule has 0 bridgehead atoms. The maximum Gasteiger partial charge on any atom is 0.165 e. The predicted molar refractivity (Wildman–Crippen MR) is 81.1 cm³/mol. The van der Waals surface area contributed by atoms with Crippen LogP contribution in [0.3, 0.4) is 0 Å². The van der Waals surface area contributed by atoms with Crippen LogP contribution in [0.4, 0.5) is 0 Å². The van der Waals surface area contributed by atoms with Gasteiger partial charge in [-0.25, -0.2) is 0 Å². The molecule has 1 N–H and O–H groups in total. The Labute approximate surface area is 125 Å². The summed E-state index contributed by atoms with van der Waals surface area (Å²) in [6.07, 6.45) is 3.47. The van der Waals surface area contributed by atoms with Crippen molar-refractivity contribution in [3.05, 3.63) is 41.7 Å². The Kier molecular flexibility index (Phi) is 4.96. The largest absolute Gasteiger partial charge is 0.453 e. The van der Waals surface area contributed by atoms with E-state index in [-0.39, 0.29) is 0 Å². The zero-order valence-corrected chi connectivity index (χ0v) is 12.6. The molecule has 1 aromatic heterocycles. The van der Waals surface area contributed by atoms with Gasteiger partial charge >= 0.3 is 0 Å². The lowest BCUT2D eigenvalue weighted by Crippen LogP contribution is -2.21. The second-order valence-electron chi connectivity index (χ2n) is 5.11. The number of nitrogens with one attached hydrogen (secondary N) is 1. The minimum Gasteiger partial charge on any atom is -0.453 e. The van der Waals surface area contributed by atoms with Gasteiger partial charge in [0.15, 0.2) is 5.75 Å². The summed E-state index contributed by atoms with van der Waals surface area (Å²) in [6.45, 7) is 7.71. The average molecular weight is 284 g/mol. The molecule has 110 valence electrons. The van der Waals surface area contributed by atoms with Gasteiger partial charge in [0, 0.05) is 19.1 Å². The van der Waals surface area contributed by atoms with Crippen molar-refractivity contribution < 1.29 is 4.74 Å². The SMILES string of the molecule is CCn1cc(Oc2ccc(CNC(C)C)cc2C#N)cn1. The number of hydrogen-bond acceptors (Lipinski definition) is 4. The lowest BCUT2D eigenvalue weighted by Gasteiger charge is -2.10. The highest BCUT2D eigenvalue weighted by Gasteiger charge is 2.08. The fraction of sp³-hybridized carbons (Fsp3) is 0.375. The lowest BCUT2D eigenvalue weighted by molar-refractivity contribution is 0.479. The van der Waals surface area contributed by atoms with Crippen molar-refractivity contribution in [2.45, 2.75) is 39.9 Å². The minimum absolute atomic E-state index is 0.409. The van der Waals surface area contributed by atoms with E-state index in [0.29, 0.717) is 23.1 Å². The van der Waals surface area contributed by atoms with E-state index in [1.54, 1.807) is 10.9 Å². The Bertz CT molecular complexity index is 640. The van der Waals surface area contributed by atoms with Crippen LogP contribution < -0.4 is 10.1 Å². The van der Waals surface area contributed by atoms with Crippen molar-refractivity contribution in [1.29, 1.82) is 5.26 Å². The van der Waals surface area contributed by atoms with E-state index in [9.17, 15) is 5.26 Å². The number of hydrogen-bond donors (Lipinski definition) is 1. The number of rotatable bonds is 6. The predicted octanol–water partition coefficient (Wildman–Crippen LogP) is 3.06. The highest BCUT2D eigenvalue weighted by atomic mass is 16.5. The molecule has 0 aliphatic carbocycles. The van der Waals surface area contributed by atoms with E-state index >= 15 is 0 Å². The van der Waals surface area contributed by atoms with Crippen LogP contribution in [-0.2, 0) is 13.1 Å². The zero-order valence-electron chi connectivity index (χ0n) is 12.6. The van der Waals surface area contributed by atoms with E-state index in [1.807, 2.05) is 31.3 Å². The number of benzene rings is 1. The molecule has 0 saturated carbocycles. The minimum atomic E-state index is 0.409. The summed E-state index contributed by atoms with van der Waals surface area (Å²) in [6, 6.07) is 8.25. The summed E-state index contributed by atoms with van der Waals surface area (Å²) in [5.74, 6) is 1.20. The van der Waals surface area contributed by atoms with E-state index in [2.05, 4.69) is 30.3 Å². The van der Waals surface area contributed by atoms with Crippen LogP contribution in [0.15, 0.2) is 30.6 Å². The molecule has 0 atom stereocenters. The number of nitriles is 1. The first kappa shape index (κ1) is 15.1. The van der Waals surface area contributed by atoms with Crippen molar-refractivity contribution in [3.63, 3.8) is 0 Å². The van der Waals surface area contributed by atoms with Gasteiger partial charge in [-0.15, -0.1) is 0 Å². The molecule has 5 nitrogen and oxygen atoms in total. The Balaban J connectivity index is 2.14. The number of aryl methyl sites for hydroxylation is 1. The number of ether oxygens (including phenoxy) is 1. The Morgan fingerprint density at radius 1 is 1.43 bits per heavy atom. The molecule has 0 saturated heterocycles. The maximum atomic E-state index is 9.28. The maximum absolute atomic E-state index is 9.28. The summed E-state index contributed by atoms with van der Waals surface area (Å²) >= 11 is 0. The standard InChI is InChI=1S/C16H20N4O/c1-4-20-11-15(10-19-20)21-16-6-5-13(7-14(16)8-17)9-18-12(2)3/h5-7,10-12,18H,4,9H2,1-3H3. The molecule has 1 aromatic carbocycles. The van der Waals surface area contributed by atoms with Gasteiger partial charge in [0.1, 0.15) is 11.8 Å². The van der Waals surface area contributed by atoms with Gasteiger partial charge in [0.05, 0.1) is 18.0 Å². The Morgan fingerprint density at radius 2 is 2.24 bits per heavy atom. The van der Waals surface area contributed by atoms with Gasteiger partial charge in [0.2, 0.25) is 0 Å². The molecule has 0 fully saturated rings. The first-order valence-corrected chi connectivity index (χ1v) is 7.09. The van der Waals surface area contributed by atoms with Gasteiger partial charge in [-0.1, -0.05) is 19.9 Å². The van der Waals surface area contributed by atoms with Crippen molar-refractivity contribution in [3.8, 4) is 17.6 Å². The second kappa shape index (κ2) is 6.91. The van der Waals surface area contributed by atoms with Gasteiger partial charge in [-0.05, 0) is 24.6 Å². The third-order valence-corrected chi connectivity index (χ3v) is 3.04. The molecule has 21 heavy (non-hydrogen) atoms. The third-order valence-electron chi connectivity index (χ3n) is 3.04. The van der Waals surface area contributed by atoms with Crippen molar-refractivity contribution >= 4 is 0 Å². The van der Waals surface area contributed by atoms with Crippen LogP contribution in [0.2, 0.25) is 0 Å². The fourth-order valence-electron chi connectivity index (χ4n) is 1.88. The molecule has 0 amide bonds. The third kappa shape index (κ3) is 4.07. The molecule has 0 radical (unpaired) electrons. The first-order chi connectivity index (χ1) is 10.1. The highest BCUT2D eigenvalue weighted by Crippen LogP contribution is 2.25. The lowest BCUT2D eigenvalue weighted by atomic mass is 10.1. The second-order valence-corrected chi connectivity index (χ2v) is 5.11. The van der Waals surface area contributed by atoms with Crippen molar-refractivity contribution in [1.82, 2.24) is 15.1 Å². The van der Waals surface area contributed by atoms with Gasteiger partial charge < -0.3 is 10.1 Å².